The Morgan fingerprint density at radius 1 is 0.340 bits per heavy atom. The number of hydrogen-bond donors (Lipinski definition) is 0. The Balaban J connectivity index is 1.52. The second kappa shape index (κ2) is 15.6. The SMILES string of the molecule is O=C(Sc1ccccc1)c1cc(N(c2ccccc2)c2ccccc2)c(C(=O)Sc2ccccc2)cc1N(c1ccccc1)c1ccccc1. The first kappa shape index (κ1) is 32.7. The molecule has 50 heavy (non-hydrogen) atoms. The van der Waals surface area contributed by atoms with E-state index in [0.29, 0.717) is 22.5 Å². The minimum Gasteiger partial charge on any atom is -0.310 e. The molecule has 0 N–H and O–H groups in total. The highest BCUT2D eigenvalue weighted by Gasteiger charge is 2.29. The Hall–Kier alpha value is -5.82. The van der Waals surface area contributed by atoms with E-state index in [9.17, 15) is 9.59 Å². The van der Waals surface area contributed by atoms with Gasteiger partial charge in [-0.2, -0.15) is 0 Å². The maximum Gasteiger partial charge on any atom is 0.226 e. The summed E-state index contributed by atoms with van der Waals surface area (Å²) in [4.78, 5) is 35.1. The molecule has 0 heterocycles. The number of carbonyl (C=O) groups is 2. The van der Waals surface area contributed by atoms with Gasteiger partial charge in [0.2, 0.25) is 10.2 Å². The maximum atomic E-state index is 14.6. The van der Waals surface area contributed by atoms with Crippen molar-refractivity contribution in [1.29, 1.82) is 0 Å². The van der Waals surface area contributed by atoms with Crippen molar-refractivity contribution in [1.82, 2.24) is 0 Å². The zero-order valence-electron chi connectivity index (χ0n) is 27.0. The van der Waals surface area contributed by atoms with Crippen LogP contribution in [-0.4, -0.2) is 10.2 Å². The first-order valence-electron chi connectivity index (χ1n) is 16.2. The molecule has 0 aliphatic heterocycles. The fourth-order valence-corrected chi connectivity index (χ4v) is 7.30. The van der Waals surface area contributed by atoms with Crippen molar-refractivity contribution < 1.29 is 9.59 Å². The Morgan fingerprint density at radius 2 is 0.580 bits per heavy atom. The molecular weight excluding hydrogens is 653 g/mol. The molecule has 7 rings (SSSR count). The van der Waals surface area contributed by atoms with Gasteiger partial charge in [-0.1, -0.05) is 109 Å². The van der Waals surface area contributed by atoms with Gasteiger partial charge in [0.15, 0.2) is 0 Å². The normalized spacial score (nSPS) is 10.7. The van der Waals surface area contributed by atoms with Crippen LogP contribution in [-0.2, 0) is 0 Å². The first-order valence-corrected chi connectivity index (χ1v) is 17.8. The molecule has 0 saturated carbocycles. The highest BCUT2D eigenvalue weighted by atomic mass is 32.2. The minimum atomic E-state index is -0.139. The zero-order valence-corrected chi connectivity index (χ0v) is 28.6. The number of anilines is 6. The third-order valence-corrected chi connectivity index (χ3v) is 9.83. The average molecular weight is 685 g/mol. The summed E-state index contributed by atoms with van der Waals surface area (Å²) in [6, 6.07) is 62.9. The molecule has 0 atom stereocenters. The monoisotopic (exact) mass is 684 g/mol. The lowest BCUT2D eigenvalue weighted by Crippen LogP contribution is -2.18. The number of carbonyl (C=O) groups excluding carboxylic acids is 2. The molecular formula is C44H32N2O2S2. The van der Waals surface area contributed by atoms with E-state index in [2.05, 4.69) is 9.80 Å². The molecule has 0 spiro atoms. The Kier molecular flexibility index (Phi) is 10.2. The van der Waals surface area contributed by atoms with Crippen molar-refractivity contribution in [2.45, 2.75) is 9.79 Å². The summed E-state index contributed by atoms with van der Waals surface area (Å²) in [7, 11) is 0. The summed E-state index contributed by atoms with van der Waals surface area (Å²) in [6.07, 6.45) is 0. The highest BCUT2D eigenvalue weighted by molar-refractivity contribution is 8.14. The van der Waals surface area contributed by atoms with Crippen molar-refractivity contribution in [2.75, 3.05) is 9.80 Å². The topological polar surface area (TPSA) is 40.6 Å². The van der Waals surface area contributed by atoms with E-state index < -0.39 is 0 Å². The quantitative estimate of drug-likeness (QED) is 0.134. The third kappa shape index (κ3) is 7.42. The molecule has 0 amide bonds. The van der Waals surface area contributed by atoms with Crippen LogP contribution in [0.3, 0.4) is 0 Å². The van der Waals surface area contributed by atoms with Crippen molar-refractivity contribution in [2.24, 2.45) is 0 Å². The van der Waals surface area contributed by atoms with Gasteiger partial charge in [-0.3, -0.25) is 9.59 Å². The molecule has 0 unspecified atom stereocenters. The Labute approximate surface area is 301 Å². The lowest BCUT2D eigenvalue weighted by atomic mass is 10.0. The molecule has 0 radical (unpaired) electrons. The fraction of sp³-hybridized carbons (Fsp3) is 0. The van der Waals surface area contributed by atoms with Crippen LogP contribution in [0.25, 0.3) is 0 Å². The summed E-state index contributed by atoms with van der Waals surface area (Å²) in [6.45, 7) is 0. The summed E-state index contributed by atoms with van der Waals surface area (Å²) >= 11 is 2.35. The second-order valence-electron chi connectivity index (χ2n) is 11.3. The van der Waals surface area contributed by atoms with E-state index >= 15 is 0 Å². The highest BCUT2D eigenvalue weighted by Crippen LogP contribution is 2.46. The first-order chi connectivity index (χ1) is 24.7. The van der Waals surface area contributed by atoms with Gasteiger partial charge < -0.3 is 9.80 Å². The number of rotatable bonds is 10. The van der Waals surface area contributed by atoms with Crippen molar-refractivity contribution >= 4 is 67.9 Å². The molecule has 0 saturated heterocycles. The standard InChI is InChI=1S/C44H32N2O2S2/c47-43(49-37-27-15-5-16-28-37)39-32-42(46(35-23-11-3-12-24-35)36-25-13-4-14-26-36)40(44(48)50-38-29-17-6-18-30-38)31-41(39)45(33-19-7-1-8-20-33)34-21-9-2-10-22-34/h1-32H. The van der Waals surface area contributed by atoms with Crippen LogP contribution in [0.15, 0.2) is 204 Å². The van der Waals surface area contributed by atoms with E-state index in [-0.39, 0.29) is 10.2 Å². The van der Waals surface area contributed by atoms with Crippen LogP contribution in [0.2, 0.25) is 0 Å². The predicted octanol–water partition coefficient (Wildman–Crippen LogP) is 12.5. The summed E-state index contributed by atoms with van der Waals surface area (Å²) in [5, 5.41) is -0.278. The van der Waals surface area contributed by atoms with Gasteiger partial charge in [-0.05, 0) is 108 Å². The predicted molar refractivity (Wildman–Crippen MR) is 209 cm³/mol. The lowest BCUT2D eigenvalue weighted by molar-refractivity contribution is 0.107. The Morgan fingerprint density at radius 3 is 0.840 bits per heavy atom. The average Bonchev–Trinajstić information content (AvgIpc) is 3.18. The number of nitrogens with zero attached hydrogens (tertiary/aromatic N) is 2. The molecule has 0 fully saturated rings. The van der Waals surface area contributed by atoms with Crippen LogP contribution in [0.5, 0.6) is 0 Å². The number of thioether (sulfide) groups is 2. The van der Waals surface area contributed by atoms with Gasteiger partial charge in [-0.25, -0.2) is 0 Å². The summed E-state index contributed by atoms with van der Waals surface area (Å²) in [5.41, 5.74) is 5.61. The largest absolute Gasteiger partial charge is 0.310 e. The minimum absolute atomic E-state index is 0.139. The van der Waals surface area contributed by atoms with Crippen molar-refractivity contribution in [3.63, 3.8) is 0 Å². The molecule has 7 aromatic carbocycles. The van der Waals surface area contributed by atoms with E-state index in [0.717, 1.165) is 32.5 Å². The molecule has 6 heteroatoms. The number of hydrogen-bond acceptors (Lipinski definition) is 6. The van der Waals surface area contributed by atoms with Gasteiger partial charge in [0, 0.05) is 32.5 Å². The maximum absolute atomic E-state index is 14.6. The van der Waals surface area contributed by atoms with E-state index in [1.807, 2.05) is 194 Å². The zero-order chi connectivity index (χ0) is 34.1. The smallest absolute Gasteiger partial charge is 0.226 e. The third-order valence-electron chi connectivity index (χ3n) is 8.00. The Bertz CT molecular complexity index is 1940. The lowest BCUT2D eigenvalue weighted by Gasteiger charge is -2.31. The molecule has 7 aromatic rings. The molecule has 0 aliphatic rings. The van der Waals surface area contributed by atoms with E-state index in [1.165, 1.54) is 23.5 Å². The molecule has 0 bridgehead atoms. The van der Waals surface area contributed by atoms with E-state index in [1.54, 1.807) is 0 Å². The second-order valence-corrected chi connectivity index (χ2v) is 13.4. The van der Waals surface area contributed by atoms with Crippen LogP contribution in [0.1, 0.15) is 20.7 Å². The van der Waals surface area contributed by atoms with Crippen molar-refractivity contribution in [3.8, 4) is 0 Å². The number of para-hydroxylation sites is 4. The van der Waals surface area contributed by atoms with Crippen LogP contribution >= 0.6 is 23.5 Å². The van der Waals surface area contributed by atoms with Gasteiger partial charge in [0.05, 0.1) is 22.5 Å². The van der Waals surface area contributed by atoms with Crippen molar-refractivity contribution in [3.05, 3.63) is 205 Å². The molecule has 4 nitrogen and oxygen atoms in total. The molecule has 0 aliphatic carbocycles. The van der Waals surface area contributed by atoms with Crippen LogP contribution in [0, 0.1) is 0 Å². The van der Waals surface area contributed by atoms with Crippen LogP contribution in [0.4, 0.5) is 34.1 Å². The van der Waals surface area contributed by atoms with Gasteiger partial charge >= 0.3 is 0 Å². The molecule has 0 aromatic heterocycles. The summed E-state index contributed by atoms with van der Waals surface area (Å²) < 4.78 is 0. The van der Waals surface area contributed by atoms with Gasteiger partial charge in [0.1, 0.15) is 0 Å². The van der Waals surface area contributed by atoms with E-state index in [4.69, 9.17) is 0 Å². The van der Waals surface area contributed by atoms with Crippen LogP contribution < -0.4 is 9.80 Å². The molecule has 242 valence electrons. The van der Waals surface area contributed by atoms with Gasteiger partial charge in [-0.15, -0.1) is 0 Å². The summed E-state index contributed by atoms with van der Waals surface area (Å²) in [5.74, 6) is 0. The fourth-order valence-electron chi connectivity index (χ4n) is 5.74. The number of benzene rings is 7. The van der Waals surface area contributed by atoms with Gasteiger partial charge in [0.25, 0.3) is 0 Å².